The summed E-state index contributed by atoms with van der Waals surface area (Å²) in [5.74, 6) is -1.49. The number of hydrogen-bond donors (Lipinski definition) is 1. The van der Waals surface area contributed by atoms with Crippen LogP contribution < -0.4 is 0 Å². The van der Waals surface area contributed by atoms with Crippen LogP contribution in [-0.4, -0.2) is 80.6 Å². The van der Waals surface area contributed by atoms with E-state index in [1.165, 1.54) is 77.0 Å². The molecular formula is C45H82NO7+. The third kappa shape index (κ3) is 35.0. The smallest absolute Gasteiger partial charge is 0.362 e. The molecule has 0 rings (SSSR count). The molecule has 1 N–H and O–H groups in total. The van der Waals surface area contributed by atoms with Crippen molar-refractivity contribution in [3.8, 4) is 0 Å². The van der Waals surface area contributed by atoms with E-state index in [4.69, 9.17) is 14.2 Å². The van der Waals surface area contributed by atoms with E-state index >= 15 is 0 Å². The van der Waals surface area contributed by atoms with Crippen molar-refractivity contribution in [2.75, 3.05) is 41.0 Å². The van der Waals surface area contributed by atoms with Crippen molar-refractivity contribution in [3.05, 3.63) is 36.5 Å². The first kappa shape index (κ1) is 50.5. The highest BCUT2D eigenvalue weighted by Gasteiger charge is 2.31. The number of quaternary nitrogens is 1. The van der Waals surface area contributed by atoms with Crippen LogP contribution in [0.5, 0.6) is 0 Å². The number of carboxylic acids is 1. The zero-order chi connectivity index (χ0) is 39.3. The first-order valence-electron chi connectivity index (χ1n) is 21.5. The standard InChI is InChI=1S/C45H81NO7/c1-6-8-10-12-14-16-18-20-21-22-23-24-26-27-29-31-33-35-43(47)52-40-41(39-51-38-37-42(45(49)50)46(3,4)5)53-44(48)36-34-32-30-28-25-19-17-15-13-11-9-7-2/h9,11,15,17,20-21,41-42H,6-8,10,12-14,16,18-19,22-40H2,1-5H3/p+1/b11-9+,17-15+,21-20+. The van der Waals surface area contributed by atoms with E-state index in [1.54, 1.807) is 0 Å². The van der Waals surface area contributed by atoms with Gasteiger partial charge in [0, 0.05) is 19.3 Å². The minimum absolute atomic E-state index is 0.0547. The van der Waals surface area contributed by atoms with Gasteiger partial charge in [-0.15, -0.1) is 0 Å². The number of esters is 2. The lowest BCUT2D eigenvalue weighted by Gasteiger charge is -2.31. The van der Waals surface area contributed by atoms with E-state index in [0.29, 0.717) is 19.3 Å². The van der Waals surface area contributed by atoms with Gasteiger partial charge in [-0.05, 0) is 64.2 Å². The number of carbonyl (C=O) groups is 3. The lowest BCUT2D eigenvalue weighted by atomic mass is 10.1. The van der Waals surface area contributed by atoms with Crippen LogP contribution in [0, 0.1) is 0 Å². The molecule has 0 aromatic heterocycles. The normalized spacial score (nSPS) is 13.3. The lowest BCUT2D eigenvalue weighted by Crippen LogP contribution is -2.50. The first-order valence-corrected chi connectivity index (χ1v) is 21.5. The molecule has 0 amide bonds. The number of aliphatic carboxylic acids is 1. The summed E-state index contributed by atoms with van der Waals surface area (Å²) in [4.78, 5) is 36.9. The van der Waals surface area contributed by atoms with Gasteiger partial charge in [0.05, 0.1) is 34.4 Å². The van der Waals surface area contributed by atoms with Gasteiger partial charge in [-0.3, -0.25) is 9.59 Å². The van der Waals surface area contributed by atoms with Gasteiger partial charge in [-0.1, -0.05) is 134 Å². The molecule has 53 heavy (non-hydrogen) atoms. The Balaban J connectivity index is 4.34. The van der Waals surface area contributed by atoms with Crippen molar-refractivity contribution in [2.24, 2.45) is 0 Å². The molecule has 0 bridgehead atoms. The van der Waals surface area contributed by atoms with Gasteiger partial charge in [0.2, 0.25) is 0 Å². The van der Waals surface area contributed by atoms with Crippen LogP contribution in [0.3, 0.4) is 0 Å². The van der Waals surface area contributed by atoms with E-state index in [9.17, 15) is 19.5 Å². The molecule has 0 aromatic carbocycles. The molecule has 0 heterocycles. The molecule has 0 aliphatic carbocycles. The average molecular weight is 749 g/mol. The largest absolute Gasteiger partial charge is 0.477 e. The highest BCUT2D eigenvalue weighted by Crippen LogP contribution is 2.14. The van der Waals surface area contributed by atoms with Crippen LogP contribution in [0.25, 0.3) is 0 Å². The number of carboxylic acid groups (broad SMARTS) is 1. The number of carbonyl (C=O) groups excluding carboxylic acids is 2. The van der Waals surface area contributed by atoms with Crippen molar-refractivity contribution in [1.82, 2.24) is 0 Å². The minimum Gasteiger partial charge on any atom is -0.477 e. The van der Waals surface area contributed by atoms with Gasteiger partial charge in [0.1, 0.15) is 6.61 Å². The van der Waals surface area contributed by atoms with E-state index in [-0.39, 0.29) is 36.2 Å². The number of rotatable bonds is 38. The van der Waals surface area contributed by atoms with E-state index in [2.05, 4.69) is 50.3 Å². The minimum atomic E-state index is -0.879. The number of ether oxygens (including phenoxy) is 3. The maximum atomic E-state index is 12.7. The Bertz CT molecular complexity index is 968. The van der Waals surface area contributed by atoms with Crippen LogP contribution >= 0.6 is 0 Å². The predicted octanol–water partition coefficient (Wildman–Crippen LogP) is 11.5. The van der Waals surface area contributed by atoms with Crippen LogP contribution in [0.1, 0.15) is 181 Å². The quantitative estimate of drug-likeness (QED) is 0.0290. The maximum Gasteiger partial charge on any atom is 0.362 e. The summed E-state index contributed by atoms with van der Waals surface area (Å²) >= 11 is 0. The Morgan fingerprint density at radius 3 is 1.57 bits per heavy atom. The summed E-state index contributed by atoms with van der Waals surface area (Å²) in [7, 11) is 5.52. The SMILES string of the molecule is CC/C=C/C/C=C/CCCCCCCC(=O)OC(COCCC(C(=O)O)[N+](C)(C)C)COC(=O)CCCCCCCCC/C=C/CCCCCCCC. The molecule has 0 aliphatic rings. The number of allylic oxidation sites excluding steroid dienone is 6. The molecule has 308 valence electrons. The van der Waals surface area contributed by atoms with Gasteiger partial charge in [-0.25, -0.2) is 4.79 Å². The molecule has 0 saturated carbocycles. The Kier molecular flexibility index (Phi) is 34.8. The number of nitrogens with zero attached hydrogens (tertiary/aromatic N) is 1. The molecule has 0 spiro atoms. The van der Waals surface area contributed by atoms with Crippen LogP contribution in [0.15, 0.2) is 36.5 Å². The molecule has 0 saturated heterocycles. The summed E-state index contributed by atoms with van der Waals surface area (Å²) in [5, 5.41) is 9.60. The first-order chi connectivity index (χ1) is 25.6. The number of likely N-dealkylation sites (N-methyl/N-ethyl adjacent to an activating group) is 1. The summed E-state index contributed by atoms with van der Waals surface area (Å²) in [6, 6.07) is -0.616. The summed E-state index contributed by atoms with van der Waals surface area (Å²) in [5.41, 5.74) is 0. The van der Waals surface area contributed by atoms with Crippen LogP contribution in [0.2, 0.25) is 0 Å². The Morgan fingerprint density at radius 2 is 1.06 bits per heavy atom. The summed E-state index contributed by atoms with van der Waals surface area (Å²) < 4.78 is 17.2. The van der Waals surface area contributed by atoms with E-state index in [1.807, 2.05) is 21.1 Å². The van der Waals surface area contributed by atoms with Crippen molar-refractivity contribution in [3.63, 3.8) is 0 Å². The second kappa shape index (κ2) is 36.5. The fourth-order valence-corrected chi connectivity index (χ4v) is 6.18. The van der Waals surface area contributed by atoms with Crippen molar-refractivity contribution in [2.45, 2.75) is 193 Å². The van der Waals surface area contributed by atoms with E-state index in [0.717, 1.165) is 70.6 Å². The number of hydrogen-bond acceptors (Lipinski definition) is 6. The molecule has 8 nitrogen and oxygen atoms in total. The number of unbranched alkanes of at least 4 members (excludes halogenated alkanes) is 18. The molecule has 2 atom stereocenters. The topological polar surface area (TPSA) is 99.1 Å². The second-order valence-electron chi connectivity index (χ2n) is 15.6. The zero-order valence-corrected chi connectivity index (χ0v) is 35.0. The molecule has 2 unspecified atom stereocenters. The monoisotopic (exact) mass is 749 g/mol. The van der Waals surface area contributed by atoms with Gasteiger partial charge < -0.3 is 23.8 Å². The summed E-state index contributed by atoms with van der Waals surface area (Å²) in [6.45, 7) is 4.60. The summed E-state index contributed by atoms with van der Waals surface area (Å²) in [6.07, 6.45) is 40.4. The van der Waals surface area contributed by atoms with Gasteiger partial charge in [0.25, 0.3) is 0 Å². The molecule has 0 aliphatic heterocycles. The predicted molar refractivity (Wildman–Crippen MR) is 220 cm³/mol. The third-order valence-corrected chi connectivity index (χ3v) is 9.52. The van der Waals surface area contributed by atoms with Crippen LogP contribution in [0.4, 0.5) is 0 Å². The Morgan fingerprint density at radius 1 is 0.585 bits per heavy atom. The van der Waals surface area contributed by atoms with Crippen molar-refractivity contribution >= 4 is 17.9 Å². The Hall–Kier alpha value is -2.45. The lowest BCUT2D eigenvalue weighted by molar-refractivity contribution is -0.887. The second-order valence-corrected chi connectivity index (χ2v) is 15.6. The van der Waals surface area contributed by atoms with Crippen molar-refractivity contribution in [1.29, 1.82) is 0 Å². The highest BCUT2D eigenvalue weighted by molar-refractivity contribution is 5.72. The third-order valence-electron chi connectivity index (χ3n) is 9.52. The molecule has 8 heteroatoms. The fraction of sp³-hybridized carbons (Fsp3) is 0.800. The average Bonchev–Trinajstić information content (AvgIpc) is 3.11. The molecule has 0 radical (unpaired) electrons. The van der Waals surface area contributed by atoms with Gasteiger partial charge in [0.15, 0.2) is 12.1 Å². The van der Waals surface area contributed by atoms with Gasteiger partial charge >= 0.3 is 17.9 Å². The van der Waals surface area contributed by atoms with E-state index < -0.39 is 18.1 Å². The highest BCUT2D eigenvalue weighted by atomic mass is 16.6. The molecule has 0 fully saturated rings. The fourth-order valence-electron chi connectivity index (χ4n) is 6.18. The zero-order valence-electron chi connectivity index (χ0n) is 35.0. The Labute approximate surface area is 325 Å². The maximum absolute atomic E-state index is 12.7. The molecule has 0 aromatic rings. The molecular weight excluding hydrogens is 666 g/mol. The van der Waals surface area contributed by atoms with Crippen LogP contribution in [-0.2, 0) is 28.6 Å². The van der Waals surface area contributed by atoms with Gasteiger partial charge in [-0.2, -0.15) is 0 Å². The van der Waals surface area contributed by atoms with Crippen molar-refractivity contribution < 1.29 is 38.2 Å².